The summed E-state index contributed by atoms with van der Waals surface area (Å²) < 4.78 is 2.36. The first-order valence-electron chi connectivity index (χ1n) is 17.3. The van der Waals surface area contributed by atoms with Gasteiger partial charge in [0.05, 0.1) is 40.5 Å². The van der Waals surface area contributed by atoms with E-state index in [0.29, 0.717) is 21.3 Å². The van der Waals surface area contributed by atoms with Gasteiger partial charge in [0, 0.05) is 6.54 Å². The van der Waals surface area contributed by atoms with Crippen molar-refractivity contribution in [1.82, 2.24) is 15.2 Å². The van der Waals surface area contributed by atoms with Crippen molar-refractivity contribution in [2.24, 2.45) is 4.99 Å². The maximum Gasteiger partial charge on any atom is 0.274 e. The third kappa shape index (κ3) is 6.58. The molecule has 7 nitrogen and oxygen atoms in total. The largest absolute Gasteiger partial charge is 0.348 e. The number of aromatic nitrogens is 1. The smallest absolute Gasteiger partial charge is 0.274 e. The van der Waals surface area contributed by atoms with Crippen LogP contribution < -0.4 is 25.4 Å². The Labute approximate surface area is 309 Å². The van der Waals surface area contributed by atoms with Crippen LogP contribution in [0, 0.1) is 11.3 Å². The van der Waals surface area contributed by atoms with Gasteiger partial charge in [0.25, 0.3) is 11.5 Å². The number of nitriles is 1. The maximum atomic E-state index is 14.7. The highest BCUT2D eigenvalue weighted by molar-refractivity contribution is 7.07. The summed E-state index contributed by atoms with van der Waals surface area (Å²) in [6, 6.07) is 49.8. The van der Waals surface area contributed by atoms with Gasteiger partial charge >= 0.3 is 0 Å². The Kier molecular flexibility index (Phi) is 9.31. The molecular weight excluding hydrogens is 675 g/mol. The van der Waals surface area contributed by atoms with Gasteiger partial charge in [-0.15, -0.1) is 11.3 Å². The molecule has 53 heavy (non-hydrogen) atoms. The first kappa shape index (κ1) is 33.3. The quantitative estimate of drug-likeness (QED) is 0.127. The summed E-state index contributed by atoms with van der Waals surface area (Å²) in [6.45, 7) is 0.680. The minimum atomic E-state index is -0.796. The second-order valence-electron chi connectivity index (χ2n) is 12.7. The monoisotopic (exact) mass is 707 g/mol. The Balaban J connectivity index is 1.38. The molecule has 1 aliphatic heterocycles. The summed E-state index contributed by atoms with van der Waals surface area (Å²) >= 11 is 1.25. The zero-order chi connectivity index (χ0) is 36.1. The summed E-state index contributed by atoms with van der Waals surface area (Å²) in [4.78, 5) is 33.9. The van der Waals surface area contributed by atoms with Crippen LogP contribution in [0.1, 0.15) is 28.2 Å². The van der Waals surface area contributed by atoms with E-state index >= 15 is 0 Å². The molecule has 0 bridgehead atoms. The standard InChI is InChI=1S/C45H33N5O2S/c46-26-38-40(37-24-12-20-33-18-8-10-23-36(33)37)41(43(51)48-28-31-15-5-2-6-16-31)45-50(42(38)49-29-47-27-30-13-3-1-4-14-30)44(52)39(53-45)25-34-21-11-19-32-17-7-9-22-35(32)34/h1-25,29,40H,27-28H2,(H,47,49)(H,48,51)/b39-25+. The first-order chi connectivity index (χ1) is 26.1. The van der Waals surface area contributed by atoms with Crippen molar-refractivity contribution in [1.29, 1.82) is 5.26 Å². The van der Waals surface area contributed by atoms with Crippen LogP contribution in [0.25, 0.3) is 39.0 Å². The number of fused-ring (bicyclic) bond motifs is 3. The van der Waals surface area contributed by atoms with Gasteiger partial charge in [0.2, 0.25) is 0 Å². The average molecular weight is 708 g/mol. The van der Waals surface area contributed by atoms with E-state index in [9.17, 15) is 14.9 Å². The number of thiazole rings is 1. The molecule has 1 amide bonds. The Morgan fingerprint density at radius 3 is 2.13 bits per heavy atom. The zero-order valence-electron chi connectivity index (χ0n) is 28.6. The molecule has 0 radical (unpaired) electrons. The number of aliphatic imine (C=N–C) groups is 1. The number of nitrogens with one attached hydrogen (secondary N) is 2. The number of carbonyl (C=O) groups is 1. The number of nitrogens with zero attached hydrogens (tertiary/aromatic N) is 3. The minimum Gasteiger partial charge on any atom is -0.348 e. The molecule has 8 rings (SSSR count). The number of rotatable bonds is 9. The van der Waals surface area contributed by atoms with Gasteiger partial charge in [-0.3, -0.25) is 19.1 Å². The molecule has 2 N–H and O–H groups in total. The van der Waals surface area contributed by atoms with E-state index in [1.165, 1.54) is 22.2 Å². The van der Waals surface area contributed by atoms with Gasteiger partial charge in [-0.2, -0.15) is 5.26 Å². The molecule has 0 aliphatic carbocycles. The van der Waals surface area contributed by atoms with Crippen LogP contribution in [0.5, 0.6) is 0 Å². The maximum absolute atomic E-state index is 14.7. The van der Waals surface area contributed by atoms with Crippen molar-refractivity contribution < 1.29 is 4.79 Å². The molecule has 0 saturated heterocycles. The number of allylic oxidation sites excluding steroid dienone is 1. The Bertz CT molecular complexity index is 2780. The highest BCUT2D eigenvalue weighted by atomic mass is 32.1. The summed E-state index contributed by atoms with van der Waals surface area (Å²) in [5.74, 6) is -0.880. The predicted molar refractivity (Wildman–Crippen MR) is 214 cm³/mol. The second kappa shape index (κ2) is 14.8. The van der Waals surface area contributed by atoms with Gasteiger partial charge in [0.15, 0.2) is 0 Å². The highest BCUT2D eigenvalue weighted by Gasteiger charge is 2.37. The fraction of sp³-hybridized carbons (Fsp3) is 0.0667. The number of carbonyl (C=O) groups excluding carboxylic acids is 1. The fourth-order valence-corrected chi connectivity index (χ4v) is 8.08. The number of hydrogen-bond donors (Lipinski definition) is 2. The van der Waals surface area contributed by atoms with E-state index in [2.05, 4.69) is 21.7 Å². The summed E-state index contributed by atoms with van der Waals surface area (Å²) in [7, 11) is 0. The summed E-state index contributed by atoms with van der Waals surface area (Å²) in [5, 5.41) is 21.3. The molecule has 8 heteroatoms. The third-order valence-electron chi connectivity index (χ3n) is 9.42. The van der Waals surface area contributed by atoms with E-state index in [-0.39, 0.29) is 29.4 Å². The molecule has 7 aromatic rings. The van der Waals surface area contributed by atoms with Crippen LogP contribution in [0.2, 0.25) is 0 Å². The van der Waals surface area contributed by atoms with Gasteiger partial charge in [-0.25, -0.2) is 0 Å². The van der Waals surface area contributed by atoms with E-state index in [0.717, 1.165) is 43.8 Å². The van der Waals surface area contributed by atoms with E-state index in [4.69, 9.17) is 0 Å². The molecule has 1 aromatic heterocycles. The Hall–Kier alpha value is -6.82. The molecule has 0 saturated carbocycles. The SMILES string of the molecule is N#CC1=C(NC=NCc2ccccc2)n2c(s/c(=C/c3cccc4ccccc34)c2=O)=C(C(=O)NCc2ccccc2)C1c1cccc2ccccc12. The Morgan fingerprint density at radius 2 is 1.40 bits per heavy atom. The van der Waals surface area contributed by atoms with Crippen LogP contribution in [-0.4, -0.2) is 16.8 Å². The molecular formula is C45H33N5O2S. The molecule has 6 aromatic carbocycles. The number of benzene rings is 6. The molecule has 1 atom stereocenters. The van der Waals surface area contributed by atoms with Crippen molar-refractivity contribution >= 4 is 62.6 Å². The molecule has 0 spiro atoms. The third-order valence-corrected chi connectivity index (χ3v) is 10.5. The normalized spacial score (nSPS) is 14.4. The van der Waals surface area contributed by atoms with Gasteiger partial charge in [0.1, 0.15) is 10.5 Å². The zero-order valence-corrected chi connectivity index (χ0v) is 29.4. The van der Waals surface area contributed by atoms with Crippen LogP contribution in [0.4, 0.5) is 0 Å². The van der Waals surface area contributed by atoms with E-state index in [1.807, 2.05) is 152 Å². The van der Waals surface area contributed by atoms with Gasteiger partial charge in [-0.05, 0) is 49.9 Å². The van der Waals surface area contributed by atoms with Gasteiger partial charge in [-0.1, -0.05) is 146 Å². The van der Waals surface area contributed by atoms with Crippen molar-refractivity contribution in [3.8, 4) is 6.07 Å². The average Bonchev–Trinajstić information content (AvgIpc) is 3.53. The number of hydrogen-bond acceptors (Lipinski definition) is 5. The van der Waals surface area contributed by atoms with Gasteiger partial charge < -0.3 is 10.6 Å². The first-order valence-corrected chi connectivity index (χ1v) is 18.1. The van der Waals surface area contributed by atoms with E-state index in [1.54, 1.807) is 0 Å². The van der Waals surface area contributed by atoms with Crippen molar-refractivity contribution in [2.75, 3.05) is 0 Å². The van der Waals surface area contributed by atoms with Crippen LogP contribution in [0.3, 0.4) is 0 Å². The van der Waals surface area contributed by atoms with Crippen LogP contribution >= 0.6 is 11.3 Å². The highest BCUT2D eigenvalue weighted by Crippen LogP contribution is 2.40. The topological polar surface area (TPSA) is 99.3 Å². The molecule has 0 fully saturated rings. The lowest BCUT2D eigenvalue weighted by atomic mass is 9.81. The lowest BCUT2D eigenvalue weighted by Crippen LogP contribution is -2.43. The van der Waals surface area contributed by atoms with Crippen LogP contribution in [-0.2, 0) is 17.9 Å². The molecule has 2 heterocycles. The van der Waals surface area contributed by atoms with Crippen molar-refractivity contribution in [3.05, 3.63) is 193 Å². The number of amides is 1. The lowest BCUT2D eigenvalue weighted by Gasteiger charge is -2.27. The van der Waals surface area contributed by atoms with Crippen molar-refractivity contribution in [2.45, 2.75) is 19.0 Å². The van der Waals surface area contributed by atoms with Crippen LogP contribution in [0.15, 0.2) is 161 Å². The molecule has 1 unspecified atom stereocenters. The molecule has 256 valence electrons. The molecule has 1 aliphatic rings. The summed E-state index contributed by atoms with van der Waals surface area (Å²) in [6.07, 6.45) is 3.41. The summed E-state index contributed by atoms with van der Waals surface area (Å²) in [5.41, 5.74) is 3.85. The lowest BCUT2D eigenvalue weighted by molar-refractivity contribution is -0.116. The Morgan fingerprint density at radius 1 is 0.774 bits per heavy atom. The van der Waals surface area contributed by atoms with E-state index < -0.39 is 5.92 Å². The fourth-order valence-electron chi connectivity index (χ4n) is 6.92. The minimum absolute atomic E-state index is 0.237. The predicted octanol–water partition coefficient (Wildman–Crippen LogP) is 6.82. The second-order valence-corrected chi connectivity index (χ2v) is 13.7. The van der Waals surface area contributed by atoms with Crippen molar-refractivity contribution in [3.63, 3.8) is 0 Å².